The predicted molar refractivity (Wildman–Crippen MR) is 101 cm³/mol. The molecule has 4 rings (SSSR count). The monoisotopic (exact) mass is 342 g/mol. The van der Waals surface area contributed by atoms with Crippen LogP contribution in [0.4, 0.5) is 10.5 Å². The second kappa shape index (κ2) is 7.24. The van der Waals surface area contributed by atoms with E-state index in [1.165, 1.54) is 49.2 Å². The fourth-order valence-corrected chi connectivity index (χ4v) is 4.57. The summed E-state index contributed by atoms with van der Waals surface area (Å²) in [6.07, 6.45) is 6.11. The van der Waals surface area contributed by atoms with Crippen molar-refractivity contribution in [1.82, 2.24) is 15.1 Å². The maximum Gasteiger partial charge on any atom is 0.317 e. The fraction of sp³-hybridized carbons (Fsp3) is 0.650. The highest BCUT2D eigenvalue weighted by Gasteiger charge is 2.31. The number of amides is 2. The van der Waals surface area contributed by atoms with Gasteiger partial charge < -0.3 is 15.1 Å². The van der Waals surface area contributed by atoms with Gasteiger partial charge in [0.15, 0.2) is 0 Å². The zero-order valence-corrected chi connectivity index (χ0v) is 15.3. The van der Waals surface area contributed by atoms with Crippen molar-refractivity contribution in [3.8, 4) is 0 Å². The molecule has 1 aromatic carbocycles. The third-order valence-corrected chi connectivity index (χ3v) is 6.05. The zero-order chi connectivity index (χ0) is 17.2. The van der Waals surface area contributed by atoms with Crippen LogP contribution in [-0.2, 0) is 13.0 Å². The molecule has 1 aromatic rings. The zero-order valence-electron chi connectivity index (χ0n) is 15.3. The molecular formula is C20H30N4O. The molecule has 25 heavy (non-hydrogen) atoms. The highest BCUT2D eigenvalue weighted by atomic mass is 16.2. The van der Waals surface area contributed by atoms with Crippen molar-refractivity contribution in [2.75, 3.05) is 44.7 Å². The Morgan fingerprint density at radius 3 is 2.84 bits per heavy atom. The molecule has 0 unspecified atom stereocenters. The number of nitrogens with zero attached hydrogens (tertiary/aromatic N) is 3. The average molecular weight is 342 g/mol. The predicted octanol–water partition coefficient (Wildman–Crippen LogP) is 2.45. The Balaban J connectivity index is 1.30. The Kier molecular flexibility index (Phi) is 4.84. The van der Waals surface area contributed by atoms with Crippen molar-refractivity contribution >= 4 is 11.7 Å². The number of anilines is 1. The van der Waals surface area contributed by atoms with E-state index >= 15 is 0 Å². The third kappa shape index (κ3) is 3.61. The highest BCUT2D eigenvalue weighted by Crippen LogP contribution is 2.27. The van der Waals surface area contributed by atoms with Gasteiger partial charge in [-0.25, -0.2) is 4.79 Å². The molecule has 5 nitrogen and oxygen atoms in total. The molecule has 2 fully saturated rings. The molecule has 0 aromatic heterocycles. The van der Waals surface area contributed by atoms with E-state index < -0.39 is 0 Å². The van der Waals surface area contributed by atoms with Gasteiger partial charge in [-0.05, 0) is 62.4 Å². The van der Waals surface area contributed by atoms with Crippen LogP contribution >= 0.6 is 0 Å². The van der Waals surface area contributed by atoms with Crippen LogP contribution in [0.25, 0.3) is 0 Å². The maximum absolute atomic E-state index is 12.5. The van der Waals surface area contributed by atoms with Gasteiger partial charge in [-0.3, -0.25) is 4.90 Å². The number of hydrogen-bond acceptors (Lipinski definition) is 3. The van der Waals surface area contributed by atoms with Gasteiger partial charge >= 0.3 is 6.03 Å². The second-order valence-corrected chi connectivity index (χ2v) is 7.78. The molecule has 0 bridgehead atoms. The summed E-state index contributed by atoms with van der Waals surface area (Å²) in [6.45, 7) is 5.97. The van der Waals surface area contributed by atoms with Crippen molar-refractivity contribution in [2.24, 2.45) is 0 Å². The van der Waals surface area contributed by atoms with Crippen LogP contribution in [0.1, 0.15) is 36.8 Å². The lowest BCUT2D eigenvalue weighted by Crippen LogP contribution is -2.41. The Labute approximate surface area is 151 Å². The van der Waals surface area contributed by atoms with E-state index in [2.05, 4.69) is 40.4 Å². The van der Waals surface area contributed by atoms with E-state index in [1.54, 1.807) is 0 Å². The van der Waals surface area contributed by atoms with Crippen LogP contribution < -0.4 is 10.2 Å². The summed E-state index contributed by atoms with van der Waals surface area (Å²) in [5.41, 5.74) is 3.96. The smallest absolute Gasteiger partial charge is 0.317 e. The number of fused-ring (bicyclic) bond motifs is 1. The third-order valence-electron chi connectivity index (χ3n) is 6.05. The molecule has 3 heterocycles. The molecule has 0 radical (unpaired) electrons. The van der Waals surface area contributed by atoms with Gasteiger partial charge in [-0.15, -0.1) is 0 Å². The molecule has 2 saturated heterocycles. The molecular weight excluding hydrogens is 312 g/mol. The topological polar surface area (TPSA) is 38.8 Å². The number of benzene rings is 1. The molecule has 0 saturated carbocycles. The molecule has 3 aliphatic rings. The quantitative estimate of drug-likeness (QED) is 0.917. The van der Waals surface area contributed by atoms with Crippen LogP contribution in [0.15, 0.2) is 18.2 Å². The van der Waals surface area contributed by atoms with Crippen molar-refractivity contribution in [3.05, 3.63) is 29.3 Å². The first-order chi connectivity index (χ1) is 12.2. The first-order valence-corrected chi connectivity index (χ1v) is 9.80. The number of rotatable bonds is 3. The van der Waals surface area contributed by atoms with Gasteiger partial charge in [0, 0.05) is 45.0 Å². The van der Waals surface area contributed by atoms with E-state index in [4.69, 9.17) is 0 Å². The summed E-state index contributed by atoms with van der Waals surface area (Å²) in [5, 5.41) is 3.12. The minimum Gasteiger partial charge on any atom is -0.374 e. The number of aryl methyl sites for hydroxylation is 1. The van der Waals surface area contributed by atoms with E-state index in [9.17, 15) is 4.79 Å². The summed E-state index contributed by atoms with van der Waals surface area (Å²) in [6, 6.07) is 7.29. The number of hydrogen-bond donors (Lipinski definition) is 1. The number of urea groups is 1. The number of nitrogens with one attached hydrogen (secondary N) is 1. The molecule has 136 valence electrons. The van der Waals surface area contributed by atoms with Gasteiger partial charge in [0.05, 0.1) is 0 Å². The van der Waals surface area contributed by atoms with Gasteiger partial charge in [0.25, 0.3) is 0 Å². The summed E-state index contributed by atoms with van der Waals surface area (Å²) >= 11 is 0. The maximum atomic E-state index is 12.5. The van der Waals surface area contributed by atoms with Gasteiger partial charge in [-0.1, -0.05) is 12.1 Å². The van der Waals surface area contributed by atoms with Crippen LogP contribution in [0.2, 0.25) is 0 Å². The summed E-state index contributed by atoms with van der Waals surface area (Å²) < 4.78 is 0. The lowest BCUT2D eigenvalue weighted by Gasteiger charge is -2.28. The standard InChI is InChI=1S/C20H30N4O/c1-22-9-4-5-17-13-16(6-7-19(17)22)14-21-20(25)24-12-8-18(15-24)23-10-2-3-11-23/h6-7,13,18H,2-5,8-12,14-15H2,1H3,(H,21,25)/t18-/m0/s1. The average Bonchev–Trinajstić information content (AvgIpc) is 3.31. The van der Waals surface area contributed by atoms with E-state index in [0.29, 0.717) is 12.6 Å². The van der Waals surface area contributed by atoms with E-state index in [1.807, 2.05) is 4.90 Å². The molecule has 1 atom stereocenters. The molecule has 1 N–H and O–H groups in total. The normalized spacial score (nSPS) is 23.8. The van der Waals surface area contributed by atoms with Gasteiger partial charge in [0.2, 0.25) is 0 Å². The number of likely N-dealkylation sites (tertiary alicyclic amines) is 2. The second-order valence-electron chi connectivity index (χ2n) is 7.78. The lowest BCUT2D eigenvalue weighted by molar-refractivity contribution is 0.198. The fourth-order valence-electron chi connectivity index (χ4n) is 4.57. The van der Waals surface area contributed by atoms with E-state index in [-0.39, 0.29) is 6.03 Å². The molecule has 0 aliphatic carbocycles. The summed E-state index contributed by atoms with van der Waals surface area (Å²) in [7, 11) is 2.16. The Morgan fingerprint density at radius 1 is 1.16 bits per heavy atom. The highest BCUT2D eigenvalue weighted by molar-refractivity contribution is 5.74. The SMILES string of the molecule is CN1CCCc2cc(CNC(=O)N3CC[C@H](N4CCCC4)C3)ccc21. The first kappa shape index (κ1) is 16.7. The molecule has 5 heteroatoms. The van der Waals surface area contributed by atoms with Crippen LogP contribution in [-0.4, -0.2) is 61.6 Å². The van der Waals surface area contributed by atoms with Gasteiger partial charge in [-0.2, -0.15) is 0 Å². The van der Waals surface area contributed by atoms with Crippen molar-refractivity contribution in [3.63, 3.8) is 0 Å². The Hall–Kier alpha value is -1.75. The molecule has 0 spiro atoms. The molecule has 2 amide bonds. The van der Waals surface area contributed by atoms with Crippen molar-refractivity contribution in [1.29, 1.82) is 0 Å². The number of carbonyl (C=O) groups is 1. The van der Waals surface area contributed by atoms with Crippen LogP contribution in [0, 0.1) is 0 Å². The van der Waals surface area contributed by atoms with Crippen LogP contribution in [0.5, 0.6) is 0 Å². The number of carbonyl (C=O) groups excluding carboxylic acids is 1. The Bertz CT molecular complexity index is 626. The van der Waals surface area contributed by atoms with Crippen molar-refractivity contribution < 1.29 is 4.79 Å². The Morgan fingerprint density at radius 2 is 2.00 bits per heavy atom. The lowest BCUT2D eigenvalue weighted by atomic mass is 9.99. The van der Waals surface area contributed by atoms with E-state index in [0.717, 1.165) is 32.5 Å². The molecule has 3 aliphatic heterocycles. The minimum atomic E-state index is 0.0940. The largest absolute Gasteiger partial charge is 0.374 e. The van der Waals surface area contributed by atoms with Crippen molar-refractivity contribution in [2.45, 2.75) is 44.7 Å². The summed E-state index contributed by atoms with van der Waals surface area (Å²) in [4.78, 5) is 19.4. The van der Waals surface area contributed by atoms with Crippen LogP contribution in [0.3, 0.4) is 0 Å². The van der Waals surface area contributed by atoms with Gasteiger partial charge in [0.1, 0.15) is 0 Å². The minimum absolute atomic E-state index is 0.0940. The summed E-state index contributed by atoms with van der Waals surface area (Å²) in [5.74, 6) is 0. The first-order valence-electron chi connectivity index (χ1n) is 9.80.